The van der Waals surface area contributed by atoms with Crippen molar-refractivity contribution >= 4 is 55.7 Å². The molecule has 0 saturated heterocycles. The summed E-state index contributed by atoms with van der Waals surface area (Å²) in [6.07, 6.45) is 1.81. The largest absolute Gasteiger partial charge is 0.356 e. The lowest BCUT2D eigenvalue weighted by molar-refractivity contribution is 0.501. The fourth-order valence-corrected chi connectivity index (χ4v) is 3.90. The first-order valence-corrected chi connectivity index (χ1v) is 10.8. The van der Waals surface area contributed by atoms with E-state index in [4.69, 9.17) is 0 Å². The van der Waals surface area contributed by atoms with Crippen LogP contribution < -0.4 is 10.6 Å². The molecule has 0 bridgehead atoms. The molecule has 0 radical (unpaired) electrons. The molecule has 0 heterocycles. The first-order chi connectivity index (χ1) is 11.0. The summed E-state index contributed by atoms with van der Waals surface area (Å²) in [6, 6.07) is 8.20. The molecule has 8 heteroatoms. The number of guanidine groups is 1. The Morgan fingerprint density at radius 2 is 1.92 bits per heavy atom. The monoisotopic (exact) mass is 545 g/mol. The van der Waals surface area contributed by atoms with Gasteiger partial charge in [0, 0.05) is 35.8 Å². The zero-order valence-corrected chi connectivity index (χ0v) is 20.2. The summed E-state index contributed by atoms with van der Waals surface area (Å²) in [6.45, 7) is 6.99. The van der Waals surface area contributed by atoms with Crippen LogP contribution in [0.1, 0.15) is 32.8 Å². The van der Waals surface area contributed by atoms with Crippen LogP contribution >= 0.6 is 39.9 Å². The number of halogens is 2. The molecule has 0 fully saturated rings. The second-order valence-electron chi connectivity index (χ2n) is 6.75. The Hall–Kier alpha value is -0.350. The first-order valence-electron chi connectivity index (χ1n) is 7.95. The molecule has 0 aromatic heterocycles. The maximum atomic E-state index is 11.3. The SMILES string of the molecule is CN=C(NCC(C)(C)c1ccccc1Br)NC(C)CCS(C)(=O)=O.I. The molecule has 2 N–H and O–H groups in total. The number of benzene rings is 1. The highest BCUT2D eigenvalue weighted by molar-refractivity contribution is 14.0. The van der Waals surface area contributed by atoms with E-state index in [2.05, 4.69) is 51.5 Å². The van der Waals surface area contributed by atoms with E-state index in [0.29, 0.717) is 18.9 Å². The van der Waals surface area contributed by atoms with Crippen molar-refractivity contribution in [2.45, 2.75) is 38.6 Å². The minimum atomic E-state index is -2.94. The van der Waals surface area contributed by atoms with Gasteiger partial charge in [-0.25, -0.2) is 8.42 Å². The molecule has 0 aliphatic carbocycles. The van der Waals surface area contributed by atoms with Gasteiger partial charge in [0.2, 0.25) is 0 Å². The third-order valence-corrected chi connectivity index (χ3v) is 5.50. The molecule has 1 aromatic carbocycles. The standard InChI is InChI=1S/C17H28BrN3O2S.HI/c1-13(10-11-24(5,22)23)21-16(19-4)20-12-17(2,3)14-8-6-7-9-15(14)18;/h6-9,13H,10-12H2,1-5H3,(H2,19,20,21);1H. The molecule has 0 aliphatic heterocycles. The summed E-state index contributed by atoms with van der Waals surface area (Å²) in [5.41, 5.74) is 1.13. The molecule has 0 spiro atoms. The Balaban J connectivity index is 0.00000576. The van der Waals surface area contributed by atoms with Crippen LogP contribution in [0, 0.1) is 0 Å². The van der Waals surface area contributed by atoms with Crippen molar-refractivity contribution in [1.29, 1.82) is 0 Å². The van der Waals surface area contributed by atoms with Gasteiger partial charge in [0.05, 0.1) is 5.75 Å². The van der Waals surface area contributed by atoms with Gasteiger partial charge in [0.15, 0.2) is 5.96 Å². The molecule has 144 valence electrons. The van der Waals surface area contributed by atoms with Crippen LogP contribution in [-0.4, -0.2) is 46.0 Å². The van der Waals surface area contributed by atoms with Crippen LogP contribution in [0.5, 0.6) is 0 Å². The summed E-state index contributed by atoms with van der Waals surface area (Å²) in [7, 11) is -1.23. The van der Waals surface area contributed by atoms with Gasteiger partial charge < -0.3 is 10.6 Å². The van der Waals surface area contributed by atoms with Crippen molar-refractivity contribution in [3.05, 3.63) is 34.3 Å². The Morgan fingerprint density at radius 3 is 2.44 bits per heavy atom. The fraction of sp³-hybridized carbons (Fsp3) is 0.588. The molecule has 1 aromatic rings. The van der Waals surface area contributed by atoms with E-state index >= 15 is 0 Å². The zero-order chi connectivity index (χ0) is 18.4. The van der Waals surface area contributed by atoms with E-state index < -0.39 is 9.84 Å². The maximum absolute atomic E-state index is 11.3. The smallest absolute Gasteiger partial charge is 0.191 e. The van der Waals surface area contributed by atoms with E-state index in [1.54, 1.807) is 7.05 Å². The second kappa shape index (κ2) is 10.7. The van der Waals surface area contributed by atoms with Gasteiger partial charge in [0.1, 0.15) is 9.84 Å². The van der Waals surface area contributed by atoms with Crippen LogP contribution in [0.4, 0.5) is 0 Å². The molecule has 5 nitrogen and oxygen atoms in total. The number of hydrogen-bond acceptors (Lipinski definition) is 3. The predicted molar refractivity (Wildman–Crippen MR) is 121 cm³/mol. The van der Waals surface area contributed by atoms with E-state index in [9.17, 15) is 8.42 Å². The lowest BCUT2D eigenvalue weighted by atomic mass is 9.84. The van der Waals surface area contributed by atoms with E-state index in [1.807, 2.05) is 25.1 Å². The van der Waals surface area contributed by atoms with E-state index in [-0.39, 0.29) is 41.2 Å². The summed E-state index contributed by atoms with van der Waals surface area (Å²) in [4.78, 5) is 4.22. The van der Waals surface area contributed by atoms with Crippen molar-refractivity contribution in [1.82, 2.24) is 10.6 Å². The van der Waals surface area contributed by atoms with Crippen LogP contribution in [0.15, 0.2) is 33.7 Å². The lowest BCUT2D eigenvalue weighted by Gasteiger charge is -2.28. The van der Waals surface area contributed by atoms with Gasteiger partial charge in [0.25, 0.3) is 0 Å². The van der Waals surface area contributed by atoms with Crippen molar-refractivity contribution in [3.8, 4) is 0 Å². The van der Waals surface area contributed by atoms with Gasteiger partial charge in [-0.1, -0.05) is 48.0 Å². The van der Waals surface area contributed by atoms with Gasteiger partial charge in [-0.05, 0) is 25.0 Å². The van der Waals surface area contributed by atoms with Crippen LogP contribution in [0.25, 0.3) is 0 Å². The highest BCUT2D eigenvalue weighted by Crippen LogP contribution is 2.29. The predicted octanol–water partition coefficient (Wildman–Crippen LogP) is 3.33. The van der Waals surface area contributed by atoms with Crippen molar-refractivity contribution in [3.63, 3.8) is 0 Å². The number of sulfone groups is 1. The quantitative estimate of drug-likeness (QED) is 0.313. The van der Waals surface area contributed by atoms with E-state index in [1.165, 1.54) is 11.8 Å². The summed E-state index contributed by atoms with van der Waals surface area (Å²) in [5, 5.41) is 6.57. The van der Waals surface area contributed by atoms with Crippen molar-refractivity contribution < 1.29 is 8.42 Å². The molecule has 1 unspecified atom stereocenters. The summed E-state index contributed by atoms with van der Waals surface area (Å²) < 4.78 is 23.6. The number of hydrogen-bond donors (Lipinski definition) is 2. The van der Waals surface area contributed by atoms with Crippen LogP contribution in [0.2, 0.25) is 0 Å². The minimum Gasteiger partial charge on any atom is -0.356 e. The Bertz CT molecular complexity index is 678. The van der Waals surface area contributed by atoms with Crippen molar-refractivity contribution in [2.24, 2.45) is 4.99 Å². The highest BCUT2D eigenvalue weighted by Gasteiger charge is 2.23. The van der Waals surface area contributed by atoms with E-state index in [0.717, 1.165) is 4.47 Å². The van der Waals surface area contributed by atoms with Crippen LogP contribution in [0.3, 0.4) is 0 Å². The minimum absolute atomic E-state index is 0. The summed E-state index contributed by atoms with van der Waals surface area (Å²) in [5.74, 6) is 0.844. The number of rotatable bonds is 7. The fourth-order valence-electron chi connectivity index (χ4n) is 2.30. The molecule has 0 aliphatic rings. The third kappa shape index (κ3) is 9.23. The summed E-state index contributed by atoms with van der Waals surface area (Å²) >= 11 is 3.61. The average Bonchev–Trinajstić information content (AvgIpc) is 2.49. The third-order valence-electron chi connectivity index (χ3n) is 3.83. The Kier molecular flexibility index (Phi) is 10.6. The molecular formula is C17H29BrIN3O2S. The molecule has 1 rings (SSSR count). The topological polar surface area (TPSA) is 70.6 Å². The number of nitrogens with one attached hydrogen (secondary N) is 2. The van der Waals surface area contributed by atoms with Gasteiger partial charge in [-0.2, -0.15) is 0 Å². The number of aliphatic imine (C=N–C) groups is 1. The van der Waals surface area contributed by atoms with Crippen molar-refractivity contribution in [2.75, 3.05) is 25.6 Å². The Morgan fingerprint density at radius 1 is 1.32 bits per heavy atom. The Labute approximate surface area is 177 Å². The van der Waals surface area contributed by atoms with Gasteiger partial charge >= 0.3 is 0 Å². The second-order valence-corrected chi connectivity index (χ2v) is 9.87. The van der Waals surface area contributed by atoms with Crippen LogP contribution in [-0.2, 0) is 15.3 Å². The molecular weight excluding hydrogens is 517 g/mol. The van der Waals surface area contributed by atoms with Gasteiger partial charge in [-0.15, -0.1) is 24.0 Å². The molecule has 0 amide bonds. The zero-order valence-electron chi connectivity index (χ0n) is 15.5. The lowest BCUT2D eigenvalue weighted by Crippen LogP contribution is -2.46. The molecule has 25 heavy (non-hydrogen) atoms. The first kappa shape index (κ1) is 24.7. The molecule has 1 atom stereocenters. The normalized spacial score (nSPS) is 13.8. The number of nitrogens with zero attached hydrogens (tertiary/aromatic N) is 1. The highest BCUT2D eigenvalue weighted by atomic mass is 127. The molecule has 0 saturated carbocycles. The van der Waals surface area contributed by atoms with Gasteiger partial charge in [-0.3, -0.25) is 4.99 Å². The average molecular weight is 546 g/mol. The maximum Gasteiger partial charge on any atom is 0.191 e.